The maximum absolute atomic E-state index is 11.8. The fourth-order valence-corrected chi connectivity index (χ4v) is 2.78. The maximum Gasteiger partial charge on any atom is 0.232 e. The van der Waals surface area contributed by atoms with Gasteiger partial charge in [-0.15, -0.1) is 0 Å². The summed E-state index contributed by atoms with van der Waals surface area (Å²) in [4.78, 5) is 11.6. The third-order valence-corrected chi connectivity index (χ3v) is 4.04. The average molecular weight is 319 g/mol. The van der Waals surface area contributed by atoms with E-state index < -0.39 is 10.0 Å². The van der Waals surface area contributed by atoms with Crippen LogP contribution in [-0.2, 0) is 14.8 Å². The van der Waals surface area contributed by atoms with Crippen molar-refractivity contribution in [2.45, 2.75) is 19.8 Å². The van der Waals surface area contributed by atoms with Crippen LogP contribution in [0, 0.1) is 0 Å². The predicted molar refractivity (Wildman–Crippen MR) is 81.6 cm³/mol. The number of carbonyl (C=O) groups excluding carboxylic acids is 1. The van der Waals surface area contributed by atoms with E-state index in [0.29, 0.717) is 17.3 Å². The van der Waals surface area contributed by atoms with E-state index >= 15 is 0 Å². The first-order valence-corrected chi connectivity index (χ1v) is 8.57. The molecule has 20 heavy (non-hydrogen) atoms. The highest BCUT2D eigenvalue weighted by Gasteiger charge is 2.18. The Kier molecular flexibility index (Phi) is 6.29. The Bertz CT molecular complexity index is 560. The zero-order chi connectivity index (χ0) is 15.2. The largest absolute Gasteiger partial charge is 0.356 e. The molecular formula is C13H19ClN2O3S. The fourth-order valence-electron chi connectivity index (χ4n) is 1.67. The number of rotatable bonds is 7. The summed E-state index contributed by atoms with van der Waals surface area (Å²) in [5.41, 5.74) is 0.461. The van der Waals surface area contributed by atoms with Gasteiger partial charge >= 0.3 is 0 Å². The molecule has 0 radical (unpaired) electrons. The Hall–Kier alpha value is -1.27. The second-order valence-electron chi connectivity index (χ2n) is 4.41. The molecule has 0 spiro atoms. The predicted octanol–water partition coefficient (Wildman–Crippen LogP) is 2.02. The first-order valence-electron chi connectivity index (χ1n) is 6.34. The molecule has 0 aliphatic heterocycles. The molecule has 1 aromatic carbocycles. The van der Waals surface area contributed by atoms with Crippen LogP contribution in [0.3, 0.4) is 0 Å². The number of hydrogen-bond donors (Lipinski definition) is 1. The molecule has 0 unspecified atom stereocenters. The van der Waals surface area contributed by atoms with E-state index in [1.807, 2.05) is 6.92 Å². The van der Waals surface area contributed by atoms with Crippen LogP contribution < -0.4 is 9.62 Å². The lowest BCUT2D eigenvalue weighted by Crippen LogP contribution is -2.34. The molecule has 1 amide bonds. The summed E-state index contributed by atoms with van der Waals surface area (Å²) >= 11 is 5.87. The van der Waals surface area contributed by atoms with E-state index in [1.165, 1.54) is 4.31 Å². The summed E-state index contributed by atoms with van der Waals surface area (Å²) in [6, 6.07) is 6.55. The molecule has 0 bridgehead atoms. The first kappa shape index (κ1) is 16.8. The molecule has 0 aromatic heterocycles. The van der Waals surface area contributed by atoms with E-state index in [0.717, 1.165) is 12.7 Å². The van der Waals surface area contributed by atoms with Crippen LogP contribution in [0.15, 0.2) is 24.3 Å². The highest BCUT2D eigenvalue weighted by Crippen LogP contribution is 2.21. The number of hydrogen-bond acceptors (Lipinski definition) is 3. The molecule has 0 saturated heterocycles. The Labute approximate surface area is 125 Å². The van der Waals surface area contributed by atoms with Crippen molar-refractivity contribution in [2.75, 3.05) is 23.7 Å². The third kappa shape index (κ3) is 5.38. The van der Waals surface area contributed by atoms with Crippen molar-refractivity contribution in [3.8, 4) is 0 Å². The molecule has 0 heterocycles. The third-order valence-electron chi connectivity index (χ3n) is 2.61. The molecular weight excluding hydrogens is 300 g/mol. The van der Waals surface area contributed by atoms with Crippen molar-refractivity contribution >= 4 is 33.2 Å². The molecule has 0 aliphatic rings. The highest BCUT2D eigenvalue weighted by molar-refractivity contribution is 7.92. The second kappa shape index (κ2) is 7.50. The Morgan fingerprint density at radius 2 is 2.10 bits per heavy atom. The van der Waals surface area contributed by atoms with Crippen molar-refractivity contribution in [3.05, 3.63) is 29.3 Å². The number of halogens is 1. The zero-order valence-electron chi connectivity index (χ0n) is 11.6. The van der Waals surface area contributed by atoms with Gasteiger partial charge in [0, 0.05) is 24.5 Å². The van der Waals surface area contributed by atoms with E-state index in [2.05, 4.69) is 5.32 Å². The van der Waals surface area contributed by atoms with E-state index in [9.17, 15) is 13.2 Å². The molecule has 7 heteroatoms. The second-order valence-corrected chi connectivity index (χ2v) is 6.76. The molecule has 112 valence electrons. The van der Waals surface area contributed by atoms with Crippen molar-refractivity contribution < 1.29 is 13.2 Å². The number of carbonyl (C=O) groups is 1. The molecule has 1 N–H and O–H groups in total. The van der Waals surface area contributed by atoms with Gasteiger partial charge in [-0.05, 0) is 24.6 Å². The van der Waals surface area contributed by atoms with Crippen molar-refractivity contribution in [1.82, 2.24) is 5.32 Å². The lowest BCUT2D eigenvalue weighted by atomic mass is 10.3. The first-order chi connectivity index (χ1) is 9.34. The topological polar surface area (TPSA) is 66.5 Å². The van der Waals surface area contributed by atoms with Crippen LogP contribution in [0.5, 0.6) is 0 Å². The fraction of sp³-hybridized carbons (Fsp3) is 0.462. The number of amides is 1. The normalized spacial score (nSPS) is 11.2. The molecule has 1 rings (SSSR count). The van der Waals surface area contributed by atoms with Gasteiger partial charge in [-0.25, -0.2) is 8.42 Å². The van der Waals surface area contributed by atoms with Crippen LogP contribution in [0.2, 0.25) is 5.02 Å². The van der Waals surface area contributed by atoms with Crippen LogP contribution in [0.4, 0.5) is 5.69 Å². The van der Waals surface area contributed by atoms with Crippen LogP contribution in [-0.4, -0.2) is 33.7 Å². The Morgan fingerprint density at radius 3 is 2.65 bits per heavy atom. The minimum atomic E-state index is -3.46. The monoisotopic (exact) mass is 318 g/mol. The van der Waals surface area contributed by atoms with Gasteiger partial charge in [0.2, 0.25) is 15.9 Å². The number of nitrogens with zero attached hydrogens (tertiary/aromatic N) is 1. The van der Waals surface area contributed by atoms with Crippen LogP contribution in [0.1, 0.15) is 19.8 Å². The number of benzene rings is 1. The quantitative estimate of drug-likeness (QED) is 0.836. The van der Waals surface area contributed by atoms with Gasteiger partial charge in [-0.2, -0.15) is 0 Å². The Balaban J connectivity index is 2.80. The SMILES string of the molecule is CCCNC(=O)CCN(c1cccc(Cl)c1)S(C)(=O)=O. The molecule has 0 aliphatic carbocycles. The summed E-state index contributed by atoms with van der Waals surface area (Å²) in [6.45, 7) is 2.64. The van der Waals surface area contributed by atoms with Crippen molar-refractivity contribution in [1.29, 1.82) is 0 Å². The molecule has 0 fully saturated rings. The minimum absolute atomic E-state index is 0.0920. The van der Waals surface area contributed by atoms with Crippen LogP contribution in [0.25, 0.3) is 0 Å². The van der Waals surface area contributed by atoms with Gasteiger partial charge < -0.3 is 5.32 Å². The van der Waals surface area contributed by atoms with Gasteiger partial charge in [0.1, 0.15) is 0 Å². The molecule has 0 saturated carbocycles. The van der Waals surface area contributed by atoms with Gasteiger partial charge in [0.05, 0.1) is 11.9 Å². The molecule has 0 atom stereocenters. The van der Waals surface area contributed by atoms with Gasteiger partial charge in [0.15, 0.2) is 0 Å². The maximum atomic E-state index is 11.8. The number of nitrogens with one attached hydrogen (secondary N) is 1. The molecule has 5 nitrogen and oxygen atoms in total. The summed E-state index contributed by atoms with van der Waals surface area (Å²) in [5.74, 6) is -0.164. The number of anilines is 1. The average Bonchev–Trinajstić information content (AvgIpc) is 2.35. The summed E-state index contributed by atoms with van der Waals surface area (Å²) in [6.07, 6.45) is 2.06. The van der Waals surface area contributed by atoms with Gasteiger partial charge in [-0.1, -0.05) is 24.6 Å². The summed E-state index contributed by atoms with van der Waals surface area (Å²) < 4.78 is 24.8. The van der Waals surface area contributed by atoms with E-state index in [4.69, 9.17) is 11.6 Å². The molecule has 1 aromatic rings. The minimum Gasteiger partial charge on any atom is -0.356 e. The Morgan fingerprint density at radius 1 is 1.40 bits per heavy atom. The summed E-state index contributed by atoms with van der Waals surface area (Å²) in [7, 11) is -3.46. The van der Waals surface area contributed by atoms with E-state index in [1.54, 1.807) is 24.3 Å². The lowest BCUT2D eigenvalue weighted by molar-refractivity contribution is -0.120. The van der Waals surface area contributed by atoms with E-state index in [-0.39, 0.29) is 18.9 Å². The van der Waals surface area contributed by atoms with Gasteiger partial charge in [0.25, 0.3) is 0 Å². The lowest BCUT2D eigenvalue weighted by Gasteiger charge is -2.22. The van der Waals surface area contributed by atoms with Crippen molar-refractivity contribution in [3.63, 3.8) is 0 Å². The smallest absolute Gasteiger partial charge is 0.232 e. The zero-order valence-corrected chi connectivity index (χ0v) is 13.2. The summed E-state index contributed by atoms with van der Waals surface area (Å²) in [5, 5.41) is 3.17. The standard InChI is InChI=1S/C13H19ClN2O3S/c1-3-8-15-13(17)7-9-16(20(2,18)19)12-6-4-5-11(14)10-12/h4-6,10H,3,7-9H2,1-2H3,(H,15,17). The van der Waals surface area contributed by atoms with Gasteiger partial charge in [-0.3, -0.25) is 9.10 Å². The number of sulfonamides is 1. The van der Waals surface area contributed by atoms with Crippen LogP contribution >= 0.6 is 11.6 Å². The highest BCUT2D eigenvalue weighted by atomic mass is 35.5. The van der Waals surface area contributed by atoms with Crippen molar-refractivity contribution in [2.24, 2.45) is 0 Å².